The molecule has 0 aromatic heterocycles. The Hall–Kier alpha value is -2.66. The molecule has 3 aliphatic rings. The van der Waals surface area contributed by atoms with Gasteiger partial charge in [-0.05, 0) is 68.3 Å². The lowest BCUT2D eigenvalue weighted by atomic mass is 9.84. The lowest BCUT2D eigenvalue weighted by Crippen LogP contribution is -2.59. The molecular formula is C25H29N3O2. The monoisotopic (exact) mass is 403 g/mol. The summed E-state index contributed by atoms with van der Waals surface area (Å²) in [7, 11) is 0. The molecule has 2 aliphatic heterocycles. The highest BCUT2D eigenvalue weighted by Crippen LogP contribution is 2.38. The molecule has 0 bridgehead atoms. The third kappa shape index (κ3) is 3.52. The Bertz CT molecular complexity index is 919. The van der Waals surface area contributed by atoms with Gasteiger partial charge in [0.2, 0.25) is 5.91 Å². The van der Waals surface area contributed by atoms with Crippen molar-refractivity contribution in [2.45, 2.75) is 56.1 Å². The van der Waals surface area contributed by atoms with Crippen molar-refractivity contribution in [1.29, 1.82) is 0 Å². The van der Waals surface area contributed by atoms with E-state index in [0.717, 1.165) is 45.2 Å². The third-order valence-electron chi connectivity index (χ3n) is 7.08. The molecule has 2 heterocycles. The minimum Gasteiger partial charge on any atom is -0.351 e. The largest absolute Gasteiger partial charge is 0.351 e. The summed E-state index contributed by atoms with van der Waals surface area (Å²) >= 11 is 0. The second kappa shape index (κ2) is 7.88. The Morgan fingerprint density at radius 1 is 0.867 bits per heavy atom. The zero-order valence-corrected chi connectivity index (χ0v) is 17.3. The summed E-state index contributed by atoms with van der Waals surface area (Å²) < 4.78 is 0. The summed E-state index contributed by atoms with van der Waals surface area (Å²) in [6, 6.07) is 18.0. The molecular weight excluding hydrogens is 374 g/mol. The van der Waals surface area contributed by atoms with E-state index in [4.69, 9.17) is 0 Å². The van der Waals surface area contributed by atoms with Crippen molar-refractivity contribution in [2.75, 3.05) is 13.1 Å². The van der Waals surface area contributed by atoms with E-state index in [1.165, 1.54) is 11.1 Å². The standard InChI is InChI=1S/C25H29N3O2/c29-23(18-8-2-1-3-9-18)26-22-16-25(12-6-7-13-28(25)17-22)24(30)27-21-14-19-10-4-5-11-20(19)15-21/h1-5,8-11,21-22H,6-7,12-17H2,(H,26,29)(H,27,30)/t22-,25+/m0/s1. The van der Waals surface area contributed by atoms with Gasteiger partial charge in [0.1, 0.15) is 5.54 Å². The highest BCUT2D eigenvalue weighted by Gasteiger charge is 2.52. The molecule has 2 N–H and O–H groups in total. The van der Waals surface area contributed by atoms with E-state index < -0.39 is 5.54 Å². The molecule has 5 nitrogen and oxygen atoms in total. The van der Waals surface area contributed by atoms with Crippen molar-refractivity contribution >= 4 is 11.8 Å². The molecule has 1 aliphatic carbocycles. The maximum Gasteiger partial charge on any atom is 0.251 e. The number of benzene rings is 2. The van der Waals surface area contributed by atoms with Gasteiger partial charge in [0, 0.05) is 24.2 Å². The first-order valence-electron chi connectivity index (χ1n) is 11.1. The van der Waals surface area contributed by atoms with Gasteiger partial charge in [0.05, 0.1) is 0 Å². The zero-order valence-electron chi connectivity index (χ0n) is 17.3. The number of piperidine rings is 1. The Kier molecular flexibility index (Phi) is 5.07. The van der Waals surface area contributed by atoms with Crippen molar-refractivity contribution in [1.82, 2.24) is 15.5 Å². The number of amides is 2. The van der Waals surface area contributed by atoms with E-state index in [-0.39, 0.29) is 23.9 Å². The summed E-state index contributed by atoms with van der Waals surface area (Å²) in [5.74, 6) is 0.0960. The molecule has 0 spiro atoms. The Morgan fingerprint density at radius 3 is 2.30 bits per heavy atom. The number of hydrogen-bond donors (Lipinski definition) is 2. The fourth-order valence-electron chi connectivity index (χ4n) is 5.61. The molecule has 2 fully saturated rings. The lowest BCUT2D eigenvalue weighted by Gasteiger charge is -2.41. The van der Waals surface area contributed by atoms with Crippen LogP contribution < -0.4 is 10.6 Å². The number of nitrogens with one attached hydrogen (secondary N) is 2. The predicted molar refractivity (Wildman–Crippen MR) is 116 cm³/mol. The average Bonchev–Trinajstić information content (AvgIpc) is 3.35. The second-order valence-corrected chi connectivity index (χ2v) is 9.02. The topological polar surface area (TPSA) is 61.4 Å². The number of nitrogens with zero attached hydrogens (tertiary/aromatic N) is 1. The number of carbonyl (C=O) groups excluding carboxylic acids is 2. The molecule has 2 aromatic carbocycles. The van der Waals surface area contributed by atoms with E-state index >= 15 is 0 Å². The molecule has 2 amide bonds. The average molecular weight is 404 g/mol. The van der Waals surface area contributed by atoms with E-state index in [9.17, 15) is 9.59 Å². The lowest BCUT2D eigenvalue weighted by molar-refractivity contribution is -0.134. The number of carbonyl (C=O) groups is 2. The summed E-state index contributed by atoms with van der Waals surface area (Å²) in [5, 5.41) is 6.55. The fourth-order valence-corrected chi connectivity index (χ4v) is 5.61. The molecule has 2 atom stereocenters. The first-order chi connectivity index (χ1) is 14.6. The Balaban J connectivity index is 1.28. The predicted octanol–water partition coefficient (Wildman–Crippen LogP) is 2.70. The summed E-state index contributed by atoms with van der Waals surface area (Å²) in [5.41, 5.74) is 2.88. The first-order valence-corrected chi connectivity index (χ1v) is 11.1. The maximum atomic E-state index is 13.5. The molecule has 0 unspecified atom stereocenters. The van der Waals surface area contributed by atoms with Crippen LogP contribution in [0.25, 0.3) is 0 Å². The van der Waals surface area contributed by atoms with Crippen LogP contribution in [0.15, 0.2) is 54.6 Å². The Labute approximate surface area is 177 Å². The third-order valence-corrected chi connectivity index (χ3v) is 7.08. The van der Waals surface area contributed by atoms with E-state index in [1.54, 1.807) is 0 Å². The quantitative estimate of drug-likeness (QED) is 0.825. The van der Waals surface area contributed by atoms with Gasteiger partial charge in [0.25, 0.3) is 5.91 Å². The smallest absolute Gasteiger partial charge is 0.251 e. The van der Waals surface area contributed by atoms with Crippen molar-refractivity contribution in [3.05, 3.63) is 71.3 Å². The van der Waals surface area contributed by atoms with E-state index in [2.05, 4.69) is 39.8 Å². The molecule has 5 rings (SSSR count). The zero-order chi connectivity index (χ0) is 20.6. The SMILES string of the molecule is O=C(N[C@@H]1CN2CCCC[C@]2(C(=O)NC2Cc3ccccc3C2)C1)c1ccccc1. The van der Waals surface area contributed by atoms with Crippen LogP contribution in [0.3, 0.4) is 0 Å². The van der Waals surface area contributed by atoms with Crippen molar-refractivity contribution in [2.24, 2.45) is 0 Å². The normalized spacial score (nSPS) is 26.1. The minimum absolute atomic E-state index is 0.00216. The van der Waals surface area contributed by atoms with Gasteiger partial charge in [-0.2, -0.15) is 0 Å². The first kappa shape index (κ1) is 19.3. The van der Waals surface area contributed by atoms with Crippen LogP contribution in [0.1, 0.15) is 47.2 Å². The van der Waals surface area contributed by atoms with Crippen LogP contribution >= 0.6 is 0 Å². The highest BCUT2D eigenvalue weighted by molar-refractivity contribution is 5.94. The number of fused-ring (bicyclic) bond motifs is 2. The molecule has 30 heavy (non-hydrogen) atoms. The van der Waals surface area contributed by atoms with Crippen LogP contribution in [0.2, 0.25) is 0 Å². The van der Waals surface area contributed by atoms with Crippen molar-refractivity contribution in [3.8, 4) is 0 Å². The molecule has 0 radical (unpaired) electrons. The molecule has 2 aromatic rings. The van der Waals surface area contributed by atoms with Crippen LogP contribution in [0.5, 0.6) is 0 Å². The van der Waals surface area contributed by atoms with Gasteiger partial charge in [-0.3, -0.25) is 14.5 Å². The Morgan fingerprint density at radius 2 is 1.57 bits per heavy atom. The van der Waals surface area contributed by atoms with Gasteiger partial charge in [-0.15, -0.1) is 0 Å². The summed E-state index contributed by atoms with van der Waals surface area (Å²) in [6.45, 7) is 1.67. The van der Waals surface area contributed by atoms with Crippen LogP contribution in [0.4, 0.5) is 0 Å². The molecule has 0 saturated carbocycles. The van der Waals surface area contributed by atoms with Crippen LogP contribution in [-0.4, -0.2) is 47.4 Å². The number of hydrogen-bond acceptors (Lipinski definition) is 3. The van der Waals surface area contributed by atoms with Gasteiger partial charge in [-0.1, -0.05) is 42.5 Å². The van der Waals surface area contributed by atoms with Crippen LogP contribution in [-0.2, 0) is 17.6 Å². The van der Waals surface area contributed by atoms with Crippen LogP contribution in [0, 0.1) is 0 Å². The van der Waals surface area contributed by atoms with Crippen molar-refractivity contribution < 1.29 is 9.59 Å². The van der Waals surface area contributed by atoms with E-state index in [0.29, 0.717) is 12.0 Å². The number of rotatable bonds is 4. The molecule has 156 valence electrons. The highest BCUT2D eigenvalue weighted by atomic mass is 16.2. The van der Waals surface area contributed by atoms with Gasteiger partial charge in [-0.25, -0.2) is 0 Å². The minimum atomic E-state index is -0.484. The van der Waals surface area contributed by atoms with Gasteiger partial charge < -0.3 is 10.6 Å². The molecule has 5 heteroatoms. The van der Waals surface area contributed by atoms with E-state index in [1.807, 2.05) is 30.3 Å². The van der Waals surface area contributed by atoms with Gasteiger partial charge >= 0.3 is 0 Å². The van der Waals surface area contributed by atoms with Crippen molar-refractivity contribution in [3.63, 3.8) is 0 Å². The van der Waals surface area contributed by atoms with Gasteiger partial charge in [0.15, 0.2) is 0 Å². The second-order valence-electron chi connectivity index (χ2n) is 9.02. The fraction of sp³-hybridized carbons (Fsp3) is 0.440. The molecule has 2 saturated heterocycles. The summed E-state index contributed by atoms with van der Waals surface area (Å²) in [6.07, 6.45) is 5.56. The maximum absolute atomic E-state index is 13.5. The summed E-state index contributed by atoms with van der Waals surface area (Å²) in [4.78, 5) is 28.5.